The fourth-order valence-electron chi connectivity index (χ4n) is 1.63. The largest absolute Gasteiger partial charge is 0.475 e. The number of aromatic nitrogens is 2. The summed E-state index contributed by atoms with van der Waals surface area (Å²) in [7, 11) is 0. The van der Waals surface area contributed by atoms with Crippen molar-refractivity contribution in [2.45, 2.75) is 12.6 Å². The molecular formula is C12H10F3N3O2. The highest BCUT2D eigenvalue weighted by atomic mass is 19.4. The number of carbonyl (C=O) groups is 1. The van der Waals surface area contributed by atoms with Crippen LogP contribution in [0.3, 0.4) is 0 Å². The van der Waals surface area contributed by atoms with Crippen LogP contribution < -0.4 is 5.32 Å². The smallest absolute Gasteiger partial charge is 0.390 e. The van der Waals surface area contributed by atoms with E-state index in [4.69, 9.17) is 5.11 Å². The second kappa shape index (κ2) is 5.32. The lowest BCUT2D eigenvalue weighted by molar-refractivity contribution is -0.131. The molecular weight excluding hydrogens is 275 g/mol. The van der Waals surface area contributed by atoms with Gasteiger partial charge in [0.05, 0.1) is 11.9 Å². The van der Waals surface area contributed by atoms with Gasteiger partial charge in [-0.2, -0.15) is 13.2 Å². The summed E-state index contributed by atoms with van der Waals surface area (Å²) in [5, 5.41) is 11.9. The number of hydrogen-bond acceptors (Lipinski definition) is 4. The Labute approximate surface area is 111 Å². The van der Waals surface area contributed by atoms with Gasteiger partial charge in [-0.15, -0.1) is 0 Å². The van der Waals surface area contributed by atoms with Gasteiger partial charge in [0, 0.05) is 11.9 Å². The van der Waals surface area contributed by atoms with Crippen molar-refractivity contribution >= 4 is 22.7 Å². The van der Waals surface area contributed by atoms with E-state index in [2.05, 4.69) is 15.3 Å². The number of carboxylic acid groups (broad SMARTS) is 1. The lowest BCUT2D eigenvalue weighted by atomic mass is 10.2. The molecule has 0 aliphatic heterocycles. The number of rotatable bonds is 4. The molecule has 0 saturated carbocycles. The molecule has 0 amide bonds. The van der Waals surface area contributed by atoms with E-state index in [1.165, 1.54) is 0 Å². The van der Waals surface area contributed by atoms with Crippen LogP contribution in [0, 0.1) is 0 Å². The maximum atomic E-state index is 12.1. The number of alkyl halides is 3. The van der Waals surface area contributed by atoms with Crippen molar-refractivity contribution in [1.29, 1.82) is 0 Å². The van der Waals surface area contributed by atoms with Crippen LogP contribution >= 0.6 is 0 Å². The molecule has 0 unspecified atom stereocenters. The van der Waals surface area contributed by atoms with E-state index in [0.717, 1.165) is 0 Å². The second-order valence-electron chi connectivity index (χ2n) is 4.01. The molecule has 1 heterocycles. The van der Waals surface area contributed by atoms with E-state index in [0.29, 0.717) is 10.9 Å². The van der Waals surface area contributed by atoms with E-state index in [-0.39, 0.29) is 12.4 Å². The van der Waals surface area contributed by atoms with Crippen molar-refractivity contribution in [2.75, 3.05) is 11.9 Å². The second-order valence-corrected chi connectivity index (χ2v) is 4.01. The predicted molar refractivity (Wildman–Crippen MR) is 65.7 cm³/mol. The van der Waals surface area contributed by atoms with Gasteiger partial charge >= 0.3 is 12.1 Å². The molecule has 5 nitrogen and oxygen atoms in total. The van der Waals surface area contributed by atoms with E-state index < -0.39 is 24.4 Å². The molecule has 20 heavy (non-hydrogen) atoms. The number of anilines is 1. The number of nitrogens with one attached hydrogen (secondary N) is 1. The van der Waals surface area contributed by atoms with Gasteiger partial charge in [0.1, 0.15) is 5.82 Å². The number of nitrogens with zero attached hydrogens (tertiary/aromatic N) is 2. The lowest BCUT2D eigenvalue weighted by Crippen LogP contribution is -2.16. The van der Waals surface area contributed by atoms with E-state index in [1.807, 2.05) is 0 Å². The Kier molecular flexibility index (Phi) is 3.73. The van der Waals surface area contributed by atoms with Gasteiger partial charge in [0.15, 0.2) is 0 Å². The number of fused-ring (bicyclic) bond motifs is 1. The maximum Gasteiger partial charge on any atom is 0.390 e. The Bertz CT molecular complexity index is 643. The van der Waals surface area contributed by atoms with Crippen LogP contribution in [0.25, 0.3) is 10.9 Å². The molecule has 0 aliphatic rings. The highest BCUT2D eigenvalue weighted by Crippen LogP contribution is 2.22. The summed E-state index contributed by atoms with van der Waals surface area (Å²) in [4.78, 5) is 18.4. The van der Waals surface area contributed by atoms with Crippen molar-refractivity contribution in [3.63, 3.8) is 0 Å². The number of benzene rings is 1. The zero-order valence-corrected chi connectivity index (χ0v) is 10.1. The maximum absolute atomic E-state index is 12.1. The normalized spacial score (nSPS) is 11.6. The summed E-state index contributed by atoms with van der Waals surface area (Å²) in [6.45, 7) is -0.385. The summed E-state index contributed by atoms with van der Waals surface area (Å²) in [6, 6.07) is 6.50. The highest BCUT2D eigenvalue weighted by Gasteiger charge is 2.26. The Morgan fingerprint density at radius 2 is 1.95 bits per heavy atom. The third-order valence-electron chi connectivity index (χ3n) is 2.50. The highest BCUT2D eigenvalue weighted by molar-refractivity contribution is 5.93. The molecule has 2 N–H and O–H groups in total. The predicted octanol–water partition coefficient (Wildman–Crippen LogP) is 2.69. The van der Waals surface area contributed by atoms with Gasteiger partial charge in [-0.3, -0.25) is 0 Å². The van der Waals surface area contributed by atoms with Crippen LogP contribution in [0.4, 0.5) is 19.0 Å². The van der Waals surface area contributed by atoms with Gasteiger partial charge in [-0.25, -0.2) is 14.8 Å². The Morgan fingerprint density at radius 1 is 1.25 bits per heavy atom. The van der Waals surface area contributed by atoms with Gasteiger partial charge in [0.2, 0.25) is 5.82 Å². The molecule has 2 aromatic rings. The van der Waals surface area contributed by atoms with Crippen molar-refractivity contribution in [3.8, 4) is 0 Å². The molecule has 0 saturated heterocycles. The first-order valence-corrected chi connectivity index (χ1v) is 5.67. The topological polar surface area (TPSA) is 75.1 Å². The molecule has 0 fully saturated rings. The van der Waals surface area contributed by atoms with Crippen LogP contribution in [-0.2, 0) is 0 Å². The van der Waals surface area contributed by atoms with Crippen LogP contribution in [0.15, 0.2) is 24.3 Å². The van der Waals surface area contributed by atoms with E-state index >= 15 is 0 Å². The average molecular weight is 285 g/mol. The summed E-state index contributed by atoms with van der Waals surface area (Å²) in [5.41, 5.74) is 0.356. The average Bonchev–Trinajstić information content (AvgIpc) is 2.36. The molecule has 0 atom stereocenters. The standard InChI is InChI=1S/C12H10F3N3O2/c13-12(14,15)5-6-16-9-7-3-1-2-4-8(7)17-10(18-9)11(19)20/h1-4H,5-6H2,(H,19,20)(H,16,17,18). The quantitative estimate of drug-likeness (QED) is 0.903. The number of hydrogen-bond donors (Lipinski definition) is 2. The van der Waals surface area contributed by atoms with Gasteiger partial charge < -0.3 is 10.4 Å². The third-order valence-corrected chi connectivity index (χ3v) is 2.50. The third kappa shape index (κ3) is 3.34. The summed E-state index contributed by atoms with van der Waals surface area (Å²) in [5.74, 6) is -1.72. The number of carboxylic acids is 1. The Morgan fingerprint density at radius 3 is 2.60 bits per heavy atom. The molecule has 8 heteroatoms. The molecule has 106 valence electrons. The van der Waals surface area contributed by atoms with Crippen molar-refractivity contribution < 1.29 is 23.1 Å². The number of halogens is 3. The van der Waals surface area contributed by atoms with Gasteiger partial charge in [-0.05, 0) is 12.1 Å². The van der Waals surface area contributed by atoms with Crippen LogP contribution in [0.5, 0.6) is 0 Å². The van der Waals surface area contributed by atoms with Crippen LogP contribution in [0.1, 0.15) is 17.0 Å². The van der Waals surface area contributed by atoms with Crippen LogP contribution in [0.2, 0.25) is 0 Å². The fourth-order valence-corrected chi connectivity index (χ4v) is 1.63. The van der Waals surface area contributed by atoms with Gasteiger partial charge in [-0.1, -0.05) is 12.1 Å². The van der Waals surface area contributed by atoms with Crippen molar-refractivity contribution in [2.24, 2.45) is 0 Å². The monoisotopic (exact) mass is 285 g/mol. The first kappa shape index (κ1) is 14.0. The molecule has 0 aliphatic carbocycles. The van der Waals surface area contributed by atoms with E-state index in [9.17, 15) is 18.0 Å². The minimum absolute atomic E-state index is 0.0808. The Hall–Kier alpha value is -2.38. The molecule has 0 bridgehead atoms. The molecule has 1 aromatic carbocycles. The number of aromatic carboxylic acids is 1. The number of para-hydroxylation sites is 1. The van der Waals surface area contributed by atoms with Crippen molar-refractivity contribution in [1.82, 2.24) is 9.97 Å². The molecule has 1 aromatic heterocycles. The van der Waals surface area contributed by atoms with Gasteiger partial charge in [0.25, 0.3) is 0 Å². The zero-order chi connectivity index (χ0) is 14.8. The minimum atomic E-state index is -4.29. The van der Waals surface area contributed by atoms with Crippen molar-refractivity contribution in [3.05, 3.63) is 30.1 Å². The Balaban J connectivity index is 2.32. The first-order valence-electron chi connectivity index (χ1n) is 5.67. The lowest BCUT2D eigenvalue weighted by Gasteiger charge is -2.10. The molecule has 0 radical (unpaired) electrons. The van der Waals surface area contributed by atoms with Crippen LogP contribution in [-0.4, -0.2) is 33.8 Å². The SMILES string of the molecule is O=C(O)c1nc(NCCC(F)(F)F)c2ccccc2n1. The molecule has 0 spiro atoms. The zero-order valence-electron chi connectivity index (χ0n) is 10.1. The summed E-state index contributed by atoms with van der Waals surface area (Å²) < 4.78 is 36.3. The van der Waals surface area contributed by atoms with E-state index in [1.54, 1.807) is 24.3 Å². The molecule has 2 rings (SSSR count). The fraction of sp³-hybridized carbons (Fsp3) is 0.250. The first-order chi connectivity index (χ1) is 9.37. The summed E-state index contributed by atoms with van der Waals surface area (Å²) >= 11 is 0. The minimum Gasteiger partial charge on any atom is -0.475 e. The summed E-state index contributed by atoms with van der Waals surface area (Å²) in [6.07, 6.45) is -5.32.